The predicted octanol–water partition coefficient (Wildman–Crippen LogP) is 3.92. The first-order valence-corrected chi connectivity index (χ1v) is 11.0. The lowest BCUT2D eigenvalue weighted by atomic mass is 10.1. The molecule has 142 valence electrons. The van der Waals surface area contributed by atoms with Crippen molar-refractivity contribution < 1.29 is 12.8 Å². The van der Waals surface area contributed by atoms with Crippen molar-refractivity contribution in [3.8, 4) is 0 Å². The maximum atomic E-state index is 12.1. The molecule has 0 amide bonds. The minimum atomic E-state index is -3.24. The highest BCUT2D eigenvalue weighted by molar-refractivity contribution is 7.91. The quantitative estimate of drug-likeness (QED) is 0.667. The van der Waals surface area contributed by atoms with E-state index in [4.69, 9.17) is 4.42 Å². The molecule has 0 bridgehead atoms. The Hall–Kier alpha value is -2.18. The molecule has 2 heterocycles. The molecule has 3 aromatic rings. The summed E-state index contributed by atoms with van der Waals surface area (Å²) in [5.41, 5.74) is 3.94. The van der Waals surface area contributed by atoms with Crippen LogP contribution >= 0.6 is 0 Å². The van der Waals surface area contributed by atoms with Crippen molar-refractivity contribution in [2.45, 2.75) is 37.6 Å². The number of aromatic nitrogens is 1. The molecule has 0 spiro atoms. The number of benzene rings is 2. The van der Waals surface area contributed by atoms with Crippen LogP contribution in [-0.4, -0.2) is 37.1 Å². The number of sulfone groups is 1. The Morgan fingerprint density at radius 1 is 1.22 bits per heavy atom. The molecule has 1 saturated heterocycles. The summed E-state index contributed by atoms with van der Waals surface area (Å²) in [5.74, 6) is 1.04. The summed E-state index contributed by atoms with van der Waals surface area (Å²) in [4.78, 5) is 7.34. The topological polar surface area (TPSA) is 63.4 Å². The molecular formula is C21H24N2O3S. The first-order valence-electron chi connectivity index (χ1n) is 9.36. The molecule has 0 radical (unpaired) electrons. The zero-order chi connectivity index (χ0) is 19.0. The number of aryl methyl sites for hydroxylation is 1. The van der Waals surface area contributed by atoms with Gasteiger partial charge in [0.2, 0.25) is 0 Å². The Kier molecular flexibility index (Phi) is 4.78. The van der Waals surface area contributed by atoms with Crippen LogP contribution in [0.2, 0.25) is 0 Å². The average Bonchev–Trinajstić information content (AvgIpc) is 3.29. The maximum absolute atomic E-state index is 12.1. The Morgan fingerprint density at radius 2 is 2.04 bits per heavy atom. The molecule has 1 aliphatic rings. The number of fused-ring (bicyclic) bond motifs is 1. The molecule has 1 fully saturated rings. The highest BCUT2D eigenvalue weighted by Crippen LogP contribution is 2.31. The molecule has 1 atom stereocenters. The van der Waals surface area contributed by atoms with Gasteiger partial charge in [-0.1, -0.05) is 31.2 Å². The molecule has 0 unspecified atom stereocenters. The molecule has 2 aromatic carbocycles. The molecule has 27 heavy (non-hydrogen) atoms. The van der Waals surface area contributed by atoms with Crippen LogP contribution in [0.15, 0.2) is 51.8 Å². The molecule has 1 aromatic heterocycles. The molecular weight excluding hydrogens is 360 g/mol. The van der Waals surface area contributed by atoms with Gasteiger partial charge in [-0.2, -0.15) is 0 Å². The van der Waals surface area contributed by atoms with Gasteiger partial charge in [0.25, 0.3) is 0 Å². The normalized spacial score (nSPS) is 18.4. The predicted molar refractivity (Wildman–Crippen MR) is 106 cm³/mol. The molecule has 6 heteroatoms. The molecule has 0 saturated carbocycles. The van der Waals surface area contributed by atoms with E-state index in [1.54, 1.807) is 25.1 Å². The van der Waals surface area contributed by atoms with Crippen LogP contribution in [0.5, 0.6) is 0 Å². The molecule has 4 rings (SSSR count). The van der Waals surface area contributed by atoms with E-state index >= 15 is 0 Å². The number of rotatable bonds is 5. The summed E-state index contributed by atoms with van der Waals surface area (Å²) in [6.07, 6.45) is 0.999. The number of likely N-dealkylation sites (tertiary alicyclic amines) is 1. The zero-order valence-electron chi connectivity index (χ0n) is 15.7. The van der Waals surface area contributed by atoms with Crippen LogP contribution in [0, 0.1) is 6.92 Å². The van der Waals surface area contributed by atoms with E-state index in [0.29, 0.717) is 21.9 Å². The molecule has 0 N–H and O–H groups in total. The van der Waals surface area contributed by atoms with Crippen molar-refractivity contribution in [1.82, 2.24) is 9.88 Å². The number of oxazole rings is 1. The van der Waals surface area contributed by atoms with Crippen LogP contribution in [0.25, 0.3) is 11.1 Å². The van der Waals surface area contributed by atoms with Gasteiger partial charge in [0.1, 0.15) is 5.52 Å². The second-order valence-corrected chi connectivity index (χ2v) is 9.51. The third kappa shape index (κ3) is 3.64. The fraction of sp³-hybridized carbons (Fsp3) is 0.381. The Balaban J connectivity index is 1.52. The van der Waals surface area contributed by atoms with E-state index in [9.17, 15) is 8.42 Å². The largest absolute Gasteiger partial charge is 0.440 e. The average molecular weight is 385 g/mol. The summed E-state index contributed by atoms with van der Waals surface area (Å²) >= 11 is 0. The first kappa shape index (κ1) is 18.2. The van der Waals surface area contributed by atoms with E-state index in [1.165, 1.54) is 11.1 Å². The van der Waals surface area contributed by atoms with E-state index in [-0.39, 0.29) is 11.7 Å². The van der Waals surface area contributed by atoms with E-state index in [0.717, 1.165) is 26.1 Å². The standard InChI is InChI=1S/C21H24N2O3S/c1-3-27(24,25)18-8-9-20-19(12-18)22-21(26-20)17-10-11-23(14-17)13-16-7-5-4-6-15(16)2/h4-9,12,17H,3,10-11,13-14H2,1-2H3/t17-/m0/s1. The summed E-state index contributed by atoms with van der Waals surface area (Å²) in [7, 11) is -3.24. The van der Waals surface area contributed by atoms with Crippen molar-refractivity contribution in [2.75, 3.05) is 18.8 Å². The number of hydrogen-bond acceptors (Lipinski definition) is 5. The van der Waals surface area contributed by atoms with Gasteiger partial charge in [-0.3, -0.25) is 4.90 Å². The SMILES string of the molecule is CCS(=O)(=O)c1ccc2oc([C@H]3CCN(Cc4ccccc4C)C3)nc2c1. The lowest BCUT2D eigenvalue weighted by Crippen LogP contribution is -2.20. The van der Waals surface area contributed by atoms with Crippen molar-refractivity contribution in [3.05, 3.63) is 59.5 Å². The van der Waals surface area contributed by atoms with Crippen molar-refractivity contribution >= 4 is 20.9 Å². The van der Waals surface area contributed by atoms with E-state index < -0.39 is 9.84 Å². The minimum Gasteiger partial charge on any atom is -0.440 e. The van der Waals surface area contributed by atoms with Gasteiger partial charge in [0.05, 0.1) is 10.6 Å². The van der Waals surface area contributed by atoms with Crippen LogP contribution in [-0.2, 0) is 16.4 Å². The van der Waals surface area contributed by atoms with E-state index in [1.807, 2.05) is 0 Å². The third-order valence-electron chi connectivity index (χ3n) is 5.39. The van der Waals surface area contributed by atoms with Crippen molar-refractivity contribution in [3.63, 3.8) is 0 Å². The van der Waals surface area contributed by atoms with E-state index in [2.05, 4.69) is 41.1 Å². The first-order chi connectivity index (χ1) is 13.0. The molecule has 1 aliphatic heterocycles. The van der Waals surface area contributed by atoms with Gasteiger partial charge in [-0.25, -0.2) is 13.4 Å². The summed E-state index contributed by atoms with van der Waals surface area (Å²) < 4.78 is 30.1. The number of hydrogen-bond donors (Lipinski definition) is 0. The van der Waals surface area contributed by atoms with Crippen LogP contribution in [0.3, 0.4) is 0 Å². The highest BCUT2D eigenvalue weighted by Gasteiger charge is 2.28. The van der Waals surface area contributed by atoms with Crippen LogP contribution < -0.4 is 0 Å². The maximum Gasteiger partial charge on any atom is 0.199 e. The van der Waals surface area contributed by atoms with Crippen molar-refractivity contribution in [2.24, 2.45) is 0 Å². The Bertz CT molecular complexity index is 1070. The molecule has 5 nitrogen and oxygen atoms in total. The van der Waals surface area contributed by atoms with Crippen LogP contribution in [0.4, 0.5) is 0 Å². The summed E-state index contributed by atoms with van der Waals surface area (Å²) in [5, 5.41) is 0. The Morgan fingerprint density at radius 3 is 2.81 bits per heavy atom. The van der Waals surface area contributed by atoms with Crippen molar-refractivity contribution in [1.29, 1.82) is 0 Å². The van der Waals surface area contributed by atoms with Gasteiger partial charge < -0.3 is 4.42 Å². The van der Waals surface area contributed by atoms with Gasteiger partial charge in [0, 0.05) is 19.0 Å². The van der Waals surface area contributed by atoms with Gasteiger partial charge >= 0.3 is 0 Å². The number of nitrogens with zero attached hydrogens (tertiary/aromatic N) is 2. The fourth-order valence-electron chi connectivity index (χ4n) is 3.67. The lowest BCUT2D eigenvalue weighted by molar-refractivity contribution is 0.320. The zero-order valence-corrected chi connectivity index (χ0v) is 16.5. The van der Waals surface area contributed by atoms with Gasteiger partial charge in [-0.05, 0) is 49.2 Å². The van der Waals surface area contributed by atoms with Gasteiger partial charge in [-0.15, -0.1) is 0 Å². The lowest BCUT2D eigenvalue weighted by Gasteiger charge is -2.16. The second kappa shape index (κ2) is 7.09. The monoisotopic (exact) mass is 384 g/mol. The summed E-state index contributed by atoms with van der Waals surface area (Å²) in [6, 6.07) is 13.4. The third-order valence-corrected chi connectivity index (χ3v) is 7.12. The Labute approximate surface area is 159 Å². The highest BCUT2D eigenvalue weighted by atomic mass is 32.2. The smallest absolute Gasteiger partial charge is 0.199 e. The summed E-state index contributed by atoms with van der Waals surface area (Å²) in [6.45, 7) is 6.64. The minimum absolute atomic E-state index is 0.0830. The fourth-order valence-corrected chi connectivity index (χ4v) is 4.57. The molecule has 0 aliphatic carbocycles. The van der Waals surface area contributed by atoms with Crippen LogP contribution in [0.1, 0.15) is 36.3 Å². The van der Waals surface area contributed by atoms with Gasteiger partial charge in [0.15, 0.2) is 21.3 Å². The second-order valence-electron chi connectivity index (χ2n) is 7.23.